The van der Waals surface area contributed by atoms with Gasteiger partial charge in [0.05, 0.1) is 23.3 Å². The van der Waals surface area contributed by atoms with Crippen LogP contribution >= 0.6 is 22.6 Å². The summed E-state index contributed by atoms with van der Waals surface area (Å²) in [5.41, 5.74) is 2.65. The van der Waals surface area contributed by atoms with Gasteiger partial charge in [-0.15, -0.1) is 0 Å². The molecule has 2 aromatic carbocycles. The highest BCUT2D eigenvalue weighted by atomic mass is 127. The summed E-state index contributed by atoms with van der Waals surface area (Å²) in [5.74, 6) is -0.0991. The Balaban J connectivity index is 1.73. The zero-order valence-electron chi connectivity index (χ0n) is 23.0. The predicted molar refractivity (Wildman–Crippen MR) is 159 cm³/mol. The average Bonchev–Trinajstić information content (AvgIpc) is 3.52. The Bertz CT molecular complexity index is 1280. The van der Waals surface area contributed by atoms with Crippen molar-refractivity contribution < 1.29 is 38.8 Å². The summed E-state index contributed by atoms with van der Waals surface area (Å²) in [5, 5.41) is 23.6. The van der Waals surface area contributed by atoms with Crippen LogP contribution in [0.15, 0.2) is 48.0 Å². The topological polar surface area (TPSA) is 135 Å². The van der Waals surface area contributed by atoms with Crippen molar-refractivity contribution in [3.63, 3.8) is 0 Å². The Labute approximate surface area is 252 Å². The summed E-state index contributed by atoms with van der Waals surface area (Å²) in [6.07, 6.45) is 0.752. The molecule has 0 saturated carbocycles. The molecule has 1 fully saturated rings. The maximum absolute atomic E-state index is 13.8. The molecule has 0 aromatic heterocycles. The highest BCUT2D eigenvalue weighted by Crippen LogP contribution is 2.37. The van der Waals surface area contributed by atoms with Crippen molar-refractivity contribution in [1.82, 2.24) is 10.2 Å². The van der Waals surface area contributed by atoms with E-state index in [9.17, 15) is 24.6 Å². The Kier molecular flexibility index (Phi) is 10.8. The standard InChI is InChI=1S/C30H35IN2O8/c1-18-5-7-19(8-6-18)16-33(30(38)24-4-3-11-40-24)23-14-21(29(37)32-9-10-34)15-25(27(23)36)41-28-22(31)12-20(17-35)13-26(28)39-2/h5-8,12-13,15,17,23-25,27,34,36H,3-4,9-11,14,16H2,1-2H3,(H,32,37)/t23-,24?,25+,27+/m1/s1. The maximum atomic E-state index is 13.8. The van der Waals surface area contributed by atoms with Crippen molar-refractivity contribution >= 4 is 40.7 Å². The number of nitrogens with one attached hydrogen (secondary N) is 1. The van der Waals surface area contributed by atoms with Crippen LogP contribution in [-0.2, 0) is 20.9 Å². The van der Waals surface area contributed by atoms with Gasteiger partial charge in [0.2, 0.25) is 5.91 Å². The van der Waals surface area contributed by atoms with Crippen LogP contribution in [0.2, 0.25) is 0 Å². The second-order valence-corrected chi connectivity index (χ2v) is 11.3. The molecule has 220 valence electrons. The number of hydrogen-bond donors (Lipinski definition) is 3. The number of aliphatic hydroxyl groups is 2. The van der Waals surface area contributed by atoms with Crippen molar-refractivity contribution in [3.05, 3.63) is 68.3 Å². The SMILES string of the molecule is COc1cc(C=O)cc(I)c1O[C@H]1C=C(C(=O)NCCO)C[C@@H](N(Cc2ccc(C)cc2)C(=O)C2CCCO2)[C@@H]1O. The van der Waals surface area contributed by atoms with Gasteiger partial charge in [-0.2, -0.15) is 0 Å². The number of benzene rings is 2. The number of ether oxygens (including phenoxy) is 3. The zero-order valence-corrected chi connectivity index (χ0v) is 25.2. The lowest BCUT2D eigenvalue weighted by molar-refractivity contribution is -0.149. The number of halogens is 1. The van der Waals surface area contributed by atoms with E-state index in [4.69, 9.17) is 14.2 Å². The van der Waals surface area contributed by atoms with Crippen LogP contribution in [0.1, 0.15) is 40.7 Å². The lowest BCUT2D eigenvalue weighted by atomic mass is 9.87. The van der Waals surface area contributed by atoms with E-state index in [-0.39, 0.29) is 32.0 Å². The van der Waals surface area contributed by atoms with Gasteiger partial charge in [0.1, 0.15) is 24.6 Å². The van der Waals surface area contributed by atoms with Gasteiger partial charge in [0, 0.05) is 37.3 Å². The Morgan fingerprint density at radius 3 is 2.63 bits per heavy atom. The van der Waals surface area contributed by atoms with Gasteiger partial charge >= 0.3 is 0 Å². The summed E-state index contributed by atoms with van der Waals surface area (Å²) in [6.45, 7) is 2.48. The minimum absolute atomic E-state index is 0.0513. The summed E-state index contributed by atoms with van der Waals surface area (Å²) in [6, 6.07) is 10.1. The first kappa shape index (κ1) is 30.9. The fraction of sp³-hybridized carbons (Fsp3) is 0.433. The van der Waals surface area contributed by atoms with Crippen LogP contribution in [0.5, 0.6) is 11.5 Å². The van der Waals surface area contributed by atoms with E-state index in [2.05, 4.69) is 5.32 Å². The third-order valence-electron chi connectivity index (χ3n) is 7.22. The van der Waals surface area contributed by atoms with Crippen LogP contribution < -0.4 is 14.8 Å². The molecule has 11 heteroatoms. The van der Waals surface area contributed by atoms with E-state index in [0.717, 1.165) is 17.5 Å². The molecule has 1 unspecified atom stereocenters. The lowest BCUT2D eigenvalue weighted by Crippen LogP contribution is -2.56. The number of amides is 2. The third kappa shape index (κ3) is 7.45. The number of carbonyl (C=O) groups excluding carboxylic acids is 3. The number of aryl methyl sites for hydroxylation is 1. The fourth-order valence-corrected chi connectivity index (χ4v) is 5.80. The second kappa shape index (κ2) is 14.3. The molecular formula is C30H35IN2O8. The van der Waals surface area contributed by atoms with Gasteiger partial charge in [-0.25, -0.2) is 0 Å². The lowest BCUT2D eigenvalue weighted by Gasteiger charge is -2.41. The van der Waals surface area contributed by atoms with Crippen LogP contribution in [0, 0.1) is 10.5 Å². The molecule has 41 heavy (non-hydrogen) atoms. The predicted octanol–water partition coefficient (Wildman–Crippen LogP) is 2.54. The quantitative estimate of drug-likeness (QED) is 0.244. The maximum Gasteiger partial charge on any atom is 0.252 e. The fourth-order valence-electron chi connectivity index (χ4n) is 5.04. The number of methoxy groups -OCH3 is 1. The van der Waals surface area contributed by atoms with Gasteiger partial charge < -0.3 is 34.6 Å². The van der Waals surface area contributed by atoms with Crippen molar-refractivity contribution in [2.45, 2.75) is 57.1 Å². The molecule has 4 rings (SSSR count). The van der Waals surface area contributed by atoms with E-state index < -0.39 is 30.3 Å². The van der Waals surface area contributed by atoms with Gasteiger partial charge in [0.25, 0.3) is 5.91 Å². The third-order valence-corrected chi connectivity index (χ3v) is 8.02. The number of hydrogen-bond acceptors (Lipinski definition) is 8. The molecule has 3 N–H and O–H groups in total. The van der Waals surface area contributed by atoms with E-state index in [1.807, 2.05) is 53.8 Å². The minimum atomic E-state index is -1.22. The molecule has 10 nitrogen and oxygen atoms in total. The summed E-state index contributed by atoms with van der Waals surface area (Å²) < 4.78 is 18.0. The summed E-state index contributed by atoms with van der Waals surface area (Å²) in [7, 11) is 1.44. The smallest absolute Gasteiger partial charge is 0.252 e. The zero-order chi connectivity index (χ0) is 29.5. The first-order valence-electron chi connectivity index (χ1n) is 13.5. The second-order valence-electron chi connectivity index (χ2n) is 10.1. The Morgan fingerprint density at radius 2 is 2.00 bits per heavy atom. The van der Waals surface area contributed by atoms with Crippen molar-refractivity contribution in [2.75, 3.05) is 26.9 Å². The summed E-state index contributed by atoms with van der Waals surface area (Å²) >= 11 is 2.02. The highest BCUT2D eigenvalue weighted by molar-refractivity contribution is 14.1. The Morgan fingerprint density at radius 1 is 1.24 bits per heavy atom. The largest absolute Gasteiger partial charge is 0.493 e. The van der Waals surface area contributed by atoms with Crippen molar-refractivity contribution in [2.24, 2.45) is 0 Å². The van der Waals surface area contributed by atoms with Gasteiger partial charge in [-0.1, -0.05) is 29.8 Å². The van der Waals surface area contributed by atoms with Gasteiger partial charge in [-0.3, -0.25) is 14.4 Å². The molecule has 0 radical (unpaired) electrons. The van der Waals surface area contributed by atoms with Crippen molar-refractivity contribution in [1.29, 1.82) is 0 Å². The van der Waals surface area contributed by atoms with Crippen LogP contribution in [0.4, 0.5) is 0 Å². The molecule has 2 aromatic rings. The molecule has 0 bridgehead atoms. The monoisotopic (exact) mass is 678 g/mol. The summed E-state index contributed by atoms with van der Waals surface area (Å²) in [4.78, 5) is 39.9. The van der Waals surface area contributed by atoms with E-state index >= 15 is 0 Å². The van der Waals surface area contributed by atoms with E-state index in [1.54, 1.807) is 11.0 Å². The van der Waals surface area contributed by atoms with Gasteiger partial charge in [-0.05, 0) is 66.1 Å². The van der Waals surface area contributed by atoms with Crippen LogP contribution in [-0.4, -0.2) is 84.4 Å². The number of rotatable bonds is 11. The molecule has 0 spiro atoms. The molecule has 1 aliphatic carbocycles. The molecule has 1 saturated heterocycles. The number of carbonyl (C=O) groups is 3. The van der Waals surface area contributed by atoms with Crippen LogP contribution in [0.25, 0.3) is 0 Å². The minimum Gasteiger partial charge on any atom is -0.493 e. The molecule has 2 aliphatic rings. The Hall–Kier alpha value is -3.00. The van der Waals surface area contributed by atoms with E-state index in [1.165, 1.54) is 19.3 Å². The van der Waals surface area contributed by atoms with E-state index in [0.29, 0.717) is 45.5 Å². The first-order chi connectivity index (χ1) is 19.7. The van der Waals surface area contributed by atoms with Crippen molar-refractivity contribution in [3.8, 4) is 11.5 Å². The van der Waals surface area contributed by atoms with Gasteiger partial charge in [0.15, 0.2) is 11.5 Å². The molecule has 1 heterocycles. The normalized spacial score (nSPS) is 22.0. The molecule has 2 amide bonds. The number of aldehydes is 1. The first-order valence-corrected chi connectivity index (χ1v) is 14.6. The van der Waals surface area contributed by atoms with Crippen LogP contribution in [0.3, 0.4) is 0 Å². The molecule has 1 aliphatic heterocycles. The number of aliphatic hydroxyl groups excluding tert-OH is 2. The molecule has 4 atom stereocenters. The molecular weight excluding hydrogens is 643 g/mol. The highest BCUT2D eigenvalue weighted by Gasteiger charge is 2.43. The average molecular weight is 679 g/mol. The number of nitrogens with zero attached hydrogens (tertiary/aromatic N) is 1.